The molecule has 15 rings (SSSR count). The summed E-state index contributed by atoms with van der Waals surface area (Å²) in [5.41, 5.74) is 13.1. The Morgan fingerprint density at radius 1 is 0.441 bits per heavy atom. The van der Waals surface area contributed by atoms with Gasteiger partial charge in [0.1, 0.15) is 11.2 Å². The Morgan fingerprint density at radius 2 is 1.09 bits per heavy atom. The lowest BCUT2D eigenvalue weighted by molar-refractivity contribution is 0.669. The van der Waals surface area contributed by atoms with E-state index in [0.717, 1.165) is 67.0 Å². The summed E-state index contributed by atoms with van der Waals surface area (Å²) in [6, 6.07) is 76.7. The Balaban J connectivity index is 0.977. The number of hydrogen-bond acceptors (Lipinski definition) is 4. The second kappa shape index (κ2) is 14.5. The molecule has 2 aliphatic rings. The van der Waals surface area contributed by atoms with Crippen LogP contribution < -0.4 is 5.32 Å². The molecule has 1 atom stereocenters. The van der Waals surface area contributed by atoms with Crippen molar-refractivity contribution in [3.05, 3.63) is 234 Å². The molecule has 10 aromatic carbocycles. The van der Waals surface area contributed by atoms with Crippen molar-refractivity contribution in [3.63, 3.8) is 0 Å². The fourth-order valence-electron chi connectivity index (χ4n) is 11.1. The van der Waals surface area contributed by atoms with Crippen molar-refractivity contribution >= 4 is 115 Å². The molecule has 0 saturated heterocycles. The highest BCUT2D eigenvalue weighted by atomic mass is 32.2. The predicted octanol–water partition coefficient (Wildman–Crippen LogP) is 16.1. The minimum atomic E-state index is -0.0390. The summed E-state index contributed by atoms with van der Waals surface area (Å²) in [5.74, 6) is 0.811. The molecule has 13 aromatic rings. The quantitative estimate of drug-likeness (QED) is 0.192. The van der Waals surface area contributed by atoms with Crippen LogP contribution in [-0.2, 0) is 0 Å². The molecule has 0 aliphatic carbocycles. The minimum absolute atomic E-state index is 0.0390. The number of thioether (sulfide) groups is 1. The number of benzene rings is 10. The van der Waals surface area contributed by atoms with Crippen molar-refractivity contribution in [1.29, 1.82) is 0 Å². The van der Waals surface area contributed by atoms with Crippen LogP contribution in [0.15, 0.2) is 233 Å². The maximum absolute atomic E-state index is 6.30. The van der Waals surface area contributed by atoms with E-state index < -0.39 is 0 Å². The smallest absolute Gasteiger partial charge is 0.209 e. The molecular weight excluding hydrogens is 849 g/mol. The molecule has 6 heteroatoms. The predicted molar refractivity (Wildman–Crippen MR) is 287 cm³/mol. The van der Waals surface area contributed by atoms with Crippen molar-refractivity contribution in [3.8, 4) is 16.8 Å². The normalized spacial score (nSPS) is 15.1. The summed E-state index contributed by atoms with van der Waals surface area (Å²) in [7, 11) is 0. The third-order valence-electron chi connectivity index (χ3n) is 14.1. The van der Waals surface area contributed by atoms with Gasteiger partial charge >= 0.3 is 0 Å². The Bertz CT molecular complexity index is 4380. The van der Waals surface area contributed by atoms with Gasteiger partial charge in [-0.3, -0.25) is 4.57 Å². The second-order valence-corrected chi connectivity index (χ2v) is 19.0. The van der Waals surface area contributed by atoms with E-state index in [0.29, 0.717) is 0 Å². The summed E-state index contributed by atoms with van der Waals surface area (Å²) in [6.07, 6.45) is 2.37. The standard InChI is InChI=1S/C62H38N4OS/c1-3-16-39(17-4-1)56-36-49-61(68-56)60(40-18-5-2-6-19-40)64-62(63-49)66-50-30-28-41(34-48(50)57-43-20-9-7-14-37(43)26-31-52(57)66)45-23-13-24-51-59(45)58-44-21-10-8-15-38(44)27-32-53(58)65(51)42-29-33-55-47(35-42)46-22-11-12-25-54(46)67-55/h1-36,49H,(H,63,64). The van der Waals surface area contributed by atoms with E-state index in [9.17, 15) is 0 Å². The maximum Gasteiger partial charge on any atom is 0.209 e. The highest BCUT2D eigenvalue weighted by Gasteiger charge is 2.33. The van der Waals surface area contributed by atoms with E-state index in [2.05, 4.69) is 221 Å². The SMILES string of the molecule is C1=C(c2ccccc2)SC2=C(c3ccccc3)N=C(n3c4ccc(-c5cccc6c5c5c7ccccc7ccc5n6-c5ccc6oc7ccccc7c6c5)cc4c4c5ccccc5ccc43)NC12. The number of furan rings is 1. The van der Waals surface area contributed by atoms with Gasteiger partial charge in [-0.25, -0.2) is 4.99 Å². The van der Waals surface area contributed by atoms with E-state index in [1.807, 2.05) is 23.9 Å². The third kappa shape index (κ3) is 5.49. The zero-order chi connectivity index (χ0) is 44.5. The number of aliphatic imine (C=N–C) groups is 1. The molecule has 1 N–H and O–H groups in total. The Hall–Kier alpha value is -8.58. The van der Waals surface area contributed by atoms with Gasteiger partial charge in [0.05, 0.1) is 33.8 Å². The van der Waals surface area contributed by atoms with Crippen molar-refractivity contribution in [2.75, 3.05) is 0 Å². The van der Waals surface area contributed by atoms with Gasteiger partial charge in [-0.1, -0.05) is 169 Å². The van der Waals surface area contributed by atoms with Gasteiger partial charge in [0.15, 0.2) is 0 Å². The average molecular weight is 887 g/mol. The van der Waals surface area contributed by atoms with Gasteiger partial charge in [0.25, 0.3) is 0 Å². The average Bonchev–Trinajstić information content (AvgIpc) is 4.18. The zero-order valence-electron chi connectivity index (χ0n) is 36.5. The summed E-state index contributed by atoms with van der Waals surface area (Å²) in [6.45, 7) is 0. The second-order valence-electron chi connectivity index (χ2n) is 17.9. The number of fused-ring (bicyclic) bond motifs is 14. The maximum atomic E-state index is 6.30. The Labute approximate surface area is 394 Å². The van der Waals surface area contributed by atoms with E-state index >= 15 is 0 Å². The molecule has 0 fully saturated rings. The first-order valence-corrected chi connectivity index (χ1v) is 24.0. The first kappa shape index (κ1) is 37.6. The monoisotopic (exact) mass is 886 g/mol. The van der Waals surface area contributed by atoms with Crippen LogP contribution in [0.4, 0.5) is 0 Å². The van der Waals surface area contributed by atoms with Gasteiger partial charge in [0.2, 0.25) is 5.96 Å². The first-order valence-electron chi connectivity index (χ1n) is 23.1. The minimum Gasteiger partial charge on any atom is -0.456 e. The lowest BCUT2D eigenvalue weighted by Gasteiger charge is -2.25. The van der Waals surface area contributed by atoms with E-state index in [1.54, 1.807) is 0 Å². The number of rotatable bonds is 4. The van der Waals surface area contributed by atoms with Crippen molar-refractivity contribution in [2.24, 2.45) is 4.99 Å². The van der Waals surface area contributed by atoms with Crippen LogP contribution in [0.5, 0.6) is 0 Å². The van der Waals surface area contributed by atoms with Crippen molar-refractivity contribution in [1.82, 2.24) is 14.5 Å². The topological polar surface area (TPSA) is 47.4 Å². The molecular formula is C62H38N4OS. The number of para-hydroxylation sites is 1. The summed E-state index contributed by atoms with van der Waals surface area (Å²) in [5, 5.41) is 15.9. The molecule has 68 heavy (non-hydrogen) atoms. The van der Waals surface area contributed by atoms with Gasteiger partial charge in [-0.15, -0.1) is 0 Å². The lowest BCUT2D eigenvalue weighted by atomic mass is 9.95. The van der Waals surface area contributed by atoms with Gasteiger partial charge < -0.3 is 14.3 Å². The van der Waals surface area contributed by atoms with Gasteiger partial charge in [-0.2, -0.15) is 0 Å². The van der Waals surface area contributed by atoms with Crippen LogP contribution in [0.2, 0.25) is 0 Å². The summed E-state index contributed by atoms with van der Waals surface area (Å²) >= 11 is 1.82. The molecule has 0 radical (unpaired) electrons. The molecule has 0 spiro atoms. The molecule has 0 saturated carbocycles. The van der Waals surface area contributed by atoms with Crippen LogP contribution >= 0.6 is 11.8 Å². The fraction of sp³-hybridized carbons (Fsp3) is 0.0161. The molecule has 5 heterocycles. The molecule has 1 unspecified atom stereocenters. The van der Waals surface area contributed by atoms with Crippen LogP contribution in [0.25, 0.3) is 115 Å². The highest BCUT2D eigenvalue weighted by molar-refractivity contribution is 8.12. The molecule has 5 nitrogen and oxygen atoms in total. The lowest BCUT2D eigenvalue weighted by Crippen LogP contribution is -2.40. The van der Waals surface area contributed by atoms with Gasteiger partial charge in [-0.05, 0) is 98.9 Å². The van der Waals surface area contributed by atoms with Crippen LogP contribution in [-0.4, -0.2) is 21.1 Å². The van der Waals surface area contributed by atoms with E-state index in [-0.39, 0.29) is 6.04 Å². The molecule has 318 valence electrons. The highest BCUT2D eigenvalue weighted by Crippen LogP contribution is 2.49. The Morgan fingerprint density at radius 3 is 1.88 bits per heavy atom. The molecule has 3 aromatic heterocycles. The fourth-order valence-corrected chi connectivity index (χ4v) is 12.3. The van der Waals surface area contributed by atoms with Crippen molar-refractivity contribution < 1.29 is 4.42 Å². The van der Waals surface area contributed by atoms with Crippen LogP contribution in [0.3, 0.4) is 0 Å². The molecule has 0 bridgehead atoms. The Kier molecular flexibility index (Phi) is 8.00. The van der Waals surface area contributed by atoms with E-state index in [4.69, 9.17) is 9.41 Å². The first-order chi connectivity index (χ1) is 33.7. The van der Waals surface area contributed by atoms with Gasteiger partial charge in [0, 0.05) is 53.4 Å². The molecule has 0 amide bonds. The van der Waals surface area contributed by atoms with Crippen LogP contribution in [0.1, 0.15) is 11.1 Å². The summed E-state index contributed by atoms with van der Waals surface area (Å²) in [4.78, 5) is 8.03. The molecule has 2 aliphatic heterocycles. The largest absolute Gasteiger partial charge is 0.456 e. The van der Waals surface area contributed by atoms with E-state index in [1.165, 1.54) is 69.5 Å². The number of nitrogens with one attached hydrogen (secondary N) is 1. The number of aromatic nitrogens is 2. The number of hydrogen-bond donors (Lipinski definition) is 1. The summed E-state index contributed by atoms with van der Waals surface area (Å²) < 4.78 is 11.1. The van der Waals surface area contributed by atoms with Crippen LogP contribution in [0, 0.1) is 0 Å². The third-order valence-corrected chi connectivity index (χ3v) is 15.4. The van der Waals surface area contributed by atoms with Crippen molar-refractivity contribution in [2.45, 2.75) is 6.04 Å². The zero-order valence-corrected chi connectivity index (χ0v) is 37.3. The number of nitrogens with zero attached hydrogens (tertiary/aromatic N) is 3.